The number of nitrogens with zero attached hydrogens (tertiary/aromatic N) is 2. The van der Waals surface area contributed by atoms with Crippen LogP contribution in [0.2, 0.25) is 0 Å². The van der Waals surface area contributed by atoms with Gasteiger partial charge in [-0.1, -0.05) is 77.0 Å². The minimum Gasteiger partial charge on any atom is -0.334 e. The van der Waals surface area contributed by atoms with Gasteiger partial charge in [-0.15, -0.1) is 0 Å². The Labute approximate surface area is 183 Å². The average Bonchev–Trinajstić information content (AvgIpc) is 3.41. The Bertz CT molecular complexity index is 636. The van der Waals surface area contributed by atoms with Crippen LogP contribution in [0.3, 0.4) is 0 Å². The molecular formula is C26H43N3O. The fraction of sp³-hybridized carbons (Fsp3) is 0.846. The normalized spacial score (nSPS) is 26.3. The molecule has 3 aliphatic rings. The van der Waals surface area contributed by atoms with E-state index in [4.69, 9.17) is 5.10 Å². The van der Waals surface area contributed by atoms with Crippen molar-refractivity contribution in [3.63, 3.8) is 0 Å². The third-order valence-corrected chi connectivity index (χ3v) is 7.99. The lowest BCUT2D eigenvalue weighted by molar-refractivity contribution is -0.137. The highest BCUT2D eigenvalue weighted by Crippen LogP contribution is 2.36. The first-order valence-corrected chi connectivity index (χ1v) is 13.2. The number of carbonyl (C=O) groups is 1. The number of carbonyl (C=O) groups excluding carboxylic acids is 1. The molecule has 2 saturated carbocycles. The Balaban J connectivity index is 1.41. The number of rotatable bonds is 3. The SMILES string of the molecule is O=C(C1CCCCCCC1)N1CCCC1c1cc(C2CCCCCCCCC2)n[nH]1. The summed E-state index contributed by atoms with van der Waals surface area (Å²) in [5.74, 6) is 1.28. The average molecular weight is 414 g/mol. The summed E-state index contributed by atoms with van der Waals surface area (Å²) in [5.41, 5.74) is 2.45. The number of amides is 1. The summed E-state index contributed by atoms with van der Waals surface area (Å²) in [6.45, 7) is 0.928. The van der Waals surface area contributed by atoms with E-state index >= 15 is 0 Å². The zero-order valence-corrected chi connectivity index (χ0v) is 19.0. The van der Waals surface area contributed by atoms with Gasteiger partial charge in [0.05, 0.1) is 17.4 Å². The summed E-state index contributed by atoms with van der Waals surface area (Å²) in [7, 11) is 0. The highest BCUT2D eigenvalue weighted by molar-refractivity contribution is 5.79. The van der Waals surface area contributed by atoms with Gasteiger partial charge in [-0.3, -0.25) is 9.89 Å². The number of aromatic amines is 1. The largest absolute Gasteiger partial charge is 0.334 e. The fourth-order valence-corrected chi connectivity index (χ4v) is 6.13. The van der Waals surface area contributed by atoms with Crippen molar-refractivity contribution in [2.24, 2.45) is 5.92 Å². The van der Waals surface area contributed by atoms with Gasteiger partial charge < -0.3 is 4.90 Å². The molecule has 168 valence electrons. The number of H-pyrrole nitrogens is 1. The quantitative estimate of drug-likeness (QED) is 0.577. The van der Waals surface area contributed by atoms with Crippen LogP contribution < -0.4 is 0 Å². The zero-order valence-electron chi connectivity index (χ0n) is 19.0. The van der Waals surface area contributed by atoms with Crippen LogP contribution in [0.4, 0.5) is 0 Å². The van der Waals surface area contributed by atoms with Gasteiger partial charge >= 0.3 is 0 Å². The molecule has 4 rings (SSSR count). The monoisotopic (exact) mass is 413 g/mol. The van der Waals surface area contributed by atoms with Crippen molar-refractivity contribution in [2.45, 2.75) is 128 Å². The highest BCUT2D eigenvalue weighted by atomic mass is 16.2. The topological polar surface area (TPSA) is 49.0 Å². The number of hydrogen-bond donors (Lipinski definition) is 1. The molecule has 1 unspecified atom stereocenters. The smallest absolute Gasteiger partial charge is 0.226 e. The van der Waals surface area contributed by atoms with Gasteiger partial charge in [0.25, 0.3) is 0 Å². The lowest BCUT2D eigenvalue weighted by Crippen LogP contribution is -2.36. The molecule has 30 heavy (non-hydrogen) atoms. The zero-order chi connectivity index (χ0) is 20.6. The summed E-state index contributed by atoms with van der Waals surface area (Å²) >= 11 is 0. The van der Waals surface area contributed by atoms with Crippen molar-refractivity contribution in [3.8, 4) is 0 Å². The molecule has 2 aliphatic carbocycles. The molecule has 1 aliphatic heterocycles. The maximum absolute atomic E-state index is 13.4. The molecule has 4 heteroatoms. The van der Waals surface area contributed by atoms with Gasteiger partial charge in [0.15, 0.2) is 0 Å². The minimum atomic E-state index is 0.226. The van der Waals surface area contributed by atoms with E-state index in [2.05, 4.69) is 16.1 Å². The molecule has 1 saturated heterocycles. The molecular weight excluding hydrogens is 370 g/mol. The minimum absolute atomic E-state index is 0.226. The second-order valence-electron chi connectivity index (χ2n) is 10.2. The molecule has 4 nitrogen and oxygen atoms in total. The van der Waals surface area contributed by atoms with Crippen molar-refractivity contribution >= 4 is 5.91 Å². The number of hydrogen-bond acceptors (Lipinski definition) is 2. The molecule has 1 amide bonds. The van der Waals surface area contributed by atoms with E-state index < -0.39 is 0 Å². The highest BCUT2D eigenvalue weighted by Gasteiger charge is 2.35. The summed E-state index contributed by atoms with van der Waals surface area (Å²) in [5, 5.41) is 8.16. The Morgan fingerprint density at radius 2 is 1.33 bits per heavy atom. The molecule has 2 heterocycles. The van der Waals surface area contributed by atoms with E-state index in [1.165, 1.54) is 101 Å². The second kappa shape index (κ2) is 11.3. The third kappa shape index (κ3) is 5.68. The van der Waals surface area contributed by atoms with E-state index in [9.17, 15) is 4.79 Å². The van der Waals surface area contributed by atoms with Crippen LogP contribution in [-0.4, -0.2) is 27.5 Å². The van der Waals surface area contributed by atoms with Crippen molar-refractivity contribution in [3.05, 3.63) is 17.5 Å². The predicted molar refractivity (Wildman–Crippen MR) is 122 cm³/mol. The Morgan fingerprint density at radius 1 is 0.767 bits per heavy atom. The Hall–Kier alpha value is -1.32. The summed E-state index contributed by atoms with van der Waals surface area (Å²) in [6.07, 6.45) is 23.0. The standard InChI is InChI=1S/C26H43N3O/c30-26(22-16-11-7-4-8-12-17-22)29-19-13-18-25(29)24-20-23(27-28-24)21-14-9-5-2-1-3-6-10-15-21/h20-22,25H,1-19H2,(H,27,28). The number of likely N-dealkylation sites (tertiary alicyclic amines) is 1. The van der Waals surface area contributed by atoms with Gasteiger partial charge in [-0.05, 0) is 44.6 Å². The van der Waals surface area contributed by atoms with Crippen LogP contribution in [0, 0.1) is 5.92 Å². The summed E-state index contributed by atoms with van der Waals surface area (Å²) in [4.78, 5) is 15.6. The van der Waals surface area contributed by atoms with Crippen LogP contribution >= 0.6 is 0 Å². The third-order valence-electron chi connectivity index (χ3n) is 7.99. The van der Waals surface area contributed by atoms with Gasteiger partial charge in [0.2, 0.25) is 5.91 Å². The van der Waals surface area contributed by atoms with Crippen molar-refractivity contribution in [2.75, 3.05) is 6.54 Å². The van der Waals surface area contributed by atoms with E-state index in [0.29, 0.717) is 11.8 Å². The fourth-order valence-electron chi connectivity index (χ4n) is 6.13. The first-order valence-electron chi connectivity index (χ1n) is 13.2. The molecule has 0 aromatic carbocycles. The lowest BCUT2D eigenvalue weighted by Gasteiger charge is -2.29. The molecule has 1 atom stereocenters. The van der Waals surface area contributed by atoms with Gasteiger partial charge in [-0.2, -0.15) is 5.10 Å². The molecule has 0 bridgehead atoms. The van der Waals surface area contributed by atoms with Gasteiger partial charge in [0, 0.05) is 18.4 Å². The van der Waals surface area contributed by atoms with Gasteiger partial charge in [0.1, 0.15) is 0 Å². The van der Waals surface area contributed by atoms with E-state index in [1.54, 1.807) is 0 Å². The van der Waals surface area contributed by atoms with Crippen LogP contribution in [0.1, 0.15) is 139 Å². The van der Waals surface area contributed by atoms with Crippen LogP contribution in [0.5, 0.6) is 0 Å². The molecule has 1 N–H and O–H groups in total. The summed E-state index contributed by atoms with van der Waals surface area (Å²) < 4.78 is 0. The predicted octanol–water partition coefficient (Wildman–Crippen LogP) is 7.04. The van der Waals surface area contributed by atoms with Crippen LogP contribution in [0.25, 0.3) is 0 Å². The van der Waals surface area contributed by atoms with Gasteiger partial charge in [-0.25, -0.2) is 0 Å². The van der Waals surface area contributed by atoms with E-state index in [0.717, 1.165) is 32.2 Å². The second-order valence-corrected chi connectivity index (χ2v) is 10.2. The lowest BCUT2D eigenvalue weighted by atomic mass is 9.89. The first kappa shape index (κ1) is 21.9. The molecule has 1 aromatic heterocycles. The first-order chi connectivity index (χ1) is 14.8. The van der Waals surface area contributed by atoms with E-state index in [1.807, 2.05) is 0 Å². The molecule has 0 radical (unpaired) electrons. The Kier molecular flexibility index (Phi) is 8.28. The van der Waals surface area contributed by atoms with E-state index in [-0.39, 0.29) is 12.0 Å². The van der Waals surface area contributed by atoms with Crippen LogP contribution in [0.15, 0.2) is 6.07 Å². The molecule has 1 aromatic rings. The van der Waals surface area contributed by atoms with Crippen molar-refractivity contribution in [1.29, 1.82) is 0 Å². The maximum atomic E-state index is 13.4. The maximum Gasteiger partial charge on any atom is 0.226 e. The summed E-state index contributed by atoms with van der Waals surface area (Å²) in [6, 6.07) is 2.55. The van der Waals surface area contributed by atoms with Crippen LogP contribution in [-0.2, 0) is 4.79 Å². The Morgan fingerprint density at radius 3 is 1.97 bits per heavy atom. The molecule has 0 spiro atoms. The van der Waals surface area contributed by atoms with Crippen molar-refractivity contribution < 1.29 is 4.79 Å². The van der Waals surface area contributed by atoms with Crippen molar-refractivity contribution in [1.82, 2.24) is 15.1 Å². The number of aromatic nitrogens is 2. The number of nitrogens with one attached hydrogen (secondary N) is 1. The molecule has 3 fully saturated rings.